The summed E-state index contributed by atoms with van der Waals surface area (Å²) in [6.07, 6.45) is -4.69. The molecule has 1 saturated heterocycles. The van der Waals surface area contributed by atoms with Crippen LogP contribution in [0.4, 0.5) is 18.9 Å². The Morgan fingerprint density at radius 3 is 2.50 bits per heavy atom. The largest absolute Gasteiger partial charge is 0.418 e. The first-order valence-corrected chi connectivity index (χ1v) is 11.3. The van der Waals surface area contributed by atoms with Crippen LogP contribution in [-0.4, -0.2) is 52.2 Å². The van der Waals surface area contributed by atoms with E-state index in [9.17, 15) is 26.4 Å². The predicted molar refractivity (Wildman–Crippen MR) is 111 cm³/mol. The lowest BCUT2D eigenvalue weighted by Gasteiger charge is -2.40. The summed E-state index contributed by atoms with van der Waals surface area (Å²) in [6, 6.07) is 5.94. The minimum absolute atomic E-state index is 0.0444. The van der Waals surface area contributed by atoms with E-state index in [-0.39, 0.29) is 35.1 Å². The minimum Gasteiger partial charge on any atom is -0.368 e. The van der Waals surface area contributed by atoms with Crippen molar-refractivity contribution in [3.8, 4) is 0 Å². The maximum atomic E-state index is 13.6. The van der Waals surface area contributed by atoms with Crippen molar-refractivity contribution >= 4 is 45.6 Å². The van der Waals surface area contributed by atoms with E-state index in [1.165, 1.54) is 27.4 Å². The van der Waals surface area contributed by atoms with Gasteiger partial charge in [-0.2, -0.15) is 17.5 Å². The number of nitrogens with one attached hydrogen (secondary N) is 1. The second-order valence-corrected chi connectivity index (χ2v) is 10.4. The zero-order valence-corrected chi connectivity index (χ0v) is 17.9. The van der Waals surface area contributed by atoms with Crippen LogP contribution in [0.15, 0.2) is 34.5 Å². The molecule has 3 N–H and O–H groups in total. The molecule has 162 valence electrons. The second kappa shape index (κ2) is 8.21. The van der Waals surface area contributed by atoms with E-state index in [4.69, 9.17) is 5.84 Å². The van der Waals surface area contributed by atoms with Gasteiger partial charge < -0.3 is 4.90 Å². The summed E-state index contributed by atoms with van der Waals surface area (Å²) in [5.41, 5.74) is 0.525. The van der Waals surface area contributed by atoms with Crippen molar-refractivity contribution < 1.29 is 26.4 Å². The molecule has 1 aromatic carbocycles. The number of alkyl halides is 3. The highest BCUT2D eigenvalue weighted by Gasteiger charge is 2.39. The highest BCUT2D eigenvalue weighted by Crippen LogP contribution is 2.38. The van der Waals surface area contributed by atoms with E-state index in [0.717, 1.165) is 22.2 Å². The second-order valence-electron chi connectivity index (χ2n) is 6.98. The normalized spacial score (nSPS) is 18.4. The van der Waals surface area contributed by atoms with Crippen LogP contribution in [0.5, 0.6) is 0 Å². The van der Waals surface area contributed by atoms with E-state index >= 15 is 0 Å². The number of nitrogen functional groups attached to an aromatic ring is 1. The summed E-state index contributed by atoms with van der Waals surface area (Å²) in [6.45, 7) is 1.87. The number of thiophene rings is 1. The number of sulfonamides is 1. The van der Waals surface area contributed by atoms with Crippen molar-refractivity contribution in [2.45, 2.75) is 23.4 Å². The van der Waals surface area contributed by atoms with Crippen LogP contribution < -0.4 is 20.9 Å². The third-order valence-corrected chi connectivity index (χ3v) is 8.36. The topological polar surface area (TPSA) is 95.7 Å². The van der Waals surface area contributed by atoms with Crippen LogP contribution in [0.25, 0.3) is 0 Å². The smallest absolute Gasteiger partial charge is 0.368 e. The molecule has 0 radical (unpaired) electrons. The molecule has 1 atom stereocenters. The number of halogens is 3. The van der Waals surface area contributed by atoms with Crippen molar-refractivity contribution in [2.24, 2.45) is 5.84 Å². The minimum atomic E-state index is -4.69. The maximum Gasteiger partial charge on any atom is 0.418 e. The van der Waals surface area contributed by atoms with Gasteiger partial charge in [0.05, 0.1) is 5.56 Å². The predicted octanol–water partition coefficient (Wildman–Crippen LogP) is 0.528. The van der Waals surface area contributed by atoms with Gasteiger partial charge in [-0.25, -0.2) is 14.3 Å². The van der Waals surface area contributed by atoms with E-state index in [0.29, 0.717) is 0 Å². The number of hydrogen-bond donors (Lipinski definition) is 2. The molecule has 13 heteroatoms. The molecule has 7 nitrogen and oxygen atoms in total. The van der Waals surface area contributed by atoms with Gasteiger partial charge in [0, 0.05) is 36.9 Å². The summed E-state index contributed by atoms with van der Waals surface area (Å²) in [5, 5.41) is 0. The number of nitrogens with zero attached hydrogens (tertiary/aromatic N) is 2. The van der Waals surface area contributed by atoms with Crippen molar-refractivity contribution in [1.82, 2.24) is 9.73 Å². The number of carbonyl (C=O) groups is 1. The van der Waals surface area contributed by atoms with Crippen LogP contribution in [0.2, 0.25) is 0 Å². The molecule has 1 fully saturated rings. The number of benzene rings is 1. The quantitative estimate of drug-likeness (QED) is 0.301. The molecule has 0 saturated carbocycles. The number of amides is 1. The van der Waals surface area contributed by atoms with Crippen molar-refractivity contribution in [2.75, 3.05) is 24.5 Å². The first-order chi connectivity index (χ1) is 13.9. The molecule has 1 aromatic heterocycles. The van der Waals surface area contributed by atoms with E-state index in [2.05, 4.69) is 0 Å². The van der Waals surface area contributed by atoms with Gasteiger partial charge in [-0.1, -0.05) is 6.07 Å². The molecule has 3 rings (SSSR count). The van der Waals surface area contributed by atoms with Crippen LogP contribution in [-0.2, 0) is 16.2 Å². The number of piperazine rings is 1. The molecule has 1 amide bonds. The Balaban J connectivity index is 1.89. The summed E-state index contributed by atoms with van der Waals surface area (Å²) in [5.74, 6) is 4.18. The molecule has 30 heavy (non-hydrogen) atoms. The van der Waals surface area contributed by atoms with Gasteiger partial charge in [0.25, 0.3) is 15.9 Å². The molecule has 2 aromatic rings. The zero-order valence-electron chi connectivity index (χ0n) is 16.2. The van der Waals surface area contributed by atoms with Crippen molar-refractivity contribution in [3.05, 3.63) is 41.5 Å². The Morgan fingerprint density at radius 1 is 1.27 bits per heavy atom. The lowest BCUT2D eigenvalue weighted by atomic mass is 10.0. The SMILES string of the molecule is Bc1ccc(S(=O)(=O)N2CCN(c3ccc(C(=O)NN)cc3C(F)(F)F)C[C@H]2C)s1. The van der Waals surface area contributed by atoms with Crippen LogP contribution >= 0.6 is 11.3 Å². The third-order valence-electron chi connectivity index (χ3n) is 4.88. The average Bonchev–Trinajstić information content (AvgIpc) is 3.13. The summed E-state index contributed by atoms with van der Waals surface area (Å²) >= 11 is 1.16. The van der Waals surface area contributed by atoms with Crippen LogP contribution in [0.1, 0.15) is 22.8 Å². The van der Waals surface area contributed by atoms with Gasteiger partial charge in [-0.05, 0) is 36.0 Å². The standard InChI is InChI=1S/C17H20BF3N4O3S2/c1-10-9-24(6-7-25(10)30(27,28)15-5-4-14(18)29-15)13-3-2-11(16(26)23-22)8-12(13)17(19,20)21/h2-5,8,10H,6-7,9,18,22H2,1H3,(H,23,26)/t10-/m1/s1. The van der Waals surface area contributed by atoms with Gasteiger partial charge in [0.1, 0.15) is 4.21 Å². The highest BCUT2D eigenvalue weighted by atomic mass is 32.2. The van der Waals surface area contributed by atoms with Gasteiger partial charge in [-0.15, -0.1) is 11.3 Å². The third kappa shape index (κ3) is 4.34. The lowest BCUT2D eigenvalue weighted by molar-refractivity contribution is -0.137. The number of carbonyl (C=O) groups excluding carboxylic acids is 1. The van der Waals surface area contributed by atoms with E-state index < -0.39 is 33.7 Å². The van der Waals surface area contributed by atoms with Crippen LogP contribution in [0.3, 0.4) is 0 Å². The fourth-order valence-electron chi connectivity index (χ4n) is 3.45. The molecule has 1 aliphatic heterocycles. The molecule has 0 bridgehead atoms. The molecule has 0 unspecified atom stereocenters. The molecule has 0 aliphatic carbocycles. The zero-order chi connectivity index (χ0) is 22.3. The Hall–Kier alpha value is -2.09. The molecule has 2 heterocycles. The maximum absolute atomic E-state index is 13.6. The van der Waals surface area contributed by atoms with Gasteiger partial charge >= 0.3 is 6.18 Å². The Labute approximate surface area is 177 Å². The number of rotatable bonds is 4. The molecule has 1 aliphatic rings. The van der Waals surface area contributed by atoms with E-state index in [1.807, 2.05) is 5.43 Å². The monoisotopic (exact) mass is 460 g/mol. The number of hydrogen-bond acceptors (Lipinski definition) is 6. The molecular formula is C17H20BF3N4O3S2. The number of hydrazine groups is 1. The highest BCUT2D eigenvalue weighted by molar-refractivity contribution is 7.91. The lowest BCUT2D eigenvalue weighted by Crippen LogP contribution is -2.54. The fraction of sp³-hybridized carbons (Fsp3) is 0.353. The Morgan fingerprint density at radius 2 is 1.97 bits per heavy atom. The van der Waals surface area contributed by atoms with Crippen molar-refractivity contribution in [1.29, 1.82) is 0 Å². The summed E-state index contributed by atoms with van der Waals surface area (Å²) < 4.78 is 69.1. The van der Waals surface area contributed by atoms with Gasteiger partial charge in [-0.3, -0.25) is 10.2 Å². The first kappa shape index (κ1) is 22.6. The number of anilines is 1. The Kier molecular flexibility index (Phi) is 6.19. The van der Waals surface area contributed by atoms with Gasteiger partial charge in [0.15, 0.2) is 7.85 Å². The molecular weight excluding hydrogens is 440 g/mol. The Bertz CT molecular complexity index is 1060. The first-order valence-electron chi connectivity index (χ1n) is 9.00. The molecule has 0 spiro atoms. The average molecular weight is 460 g/mol. The van der Waals surface area contributed by atoms with Crippen molar-refractivity contribution in [3.63, 3.8) is 0 Å². The van der Waals surface area contributed by atoms with Gasteiger partial charge in [0.2, 0.25) is 0 Å². The summed E-state index contributed by atoms with van der Waals surface area (Å²) in [4.78, 5) is 13.1. The number of nitrogens with two attached hydrogens (primary N) is 1. The fourth-order valence-corrected chi connectivity index (χ4v) is 6.47. The van der Waals surface area contributed by atoms with Crippen LogP contribution in [0, 0.1) is 0 Å². The van der Waals surface area contributed by atoms with E-state index in [1.54, 1.807) is 20.8 Å². The summed E-state index contributed by atoms with van der Waals surface area (Å²) in [7, 11) is -1.92.